The molecule has 0 radical (unpaired) electrons. The highest BCUT2D eigenvalue weighted by molar-refractivity contribution is 5.72. The summed E-state index contributed by atoms with van der Waals surface area (Å²) in [6, 6.07) is 11.2. The lowest BCUT2D eigenvalue weighted by atomic mass is 9.99. The number of hydrogen-bond donors (Lipinski definition) is 2. The van der Waals surface area contributed by atoms with E-state index in [1.54, 1.807) is 12.1 Å². The molecular formula is C16H18O2. The van der Waals surface area contributed by atoms with Gasteiger partial charge in [0.1, 0.15) is 11.5 Å². The second-order valence-electron chi connectivity index (χ2n) is 4.40. The van der Waals surface area contributed by atoms with Gasteiger partial charge in [0.25, 0.3) is 0 Å². The highest BCUT2D eigenvalue weighted by Crippen LogP contribution is 2.32. The second kappa shape index (κ2) is 5.13. The first kappa shape index (κ1) is 12.5. The standard InChI is InChI=1S/C16H18O2/c1-3-11-5-7-14(16(18)9-11)13-6-8-15(17)12(4-2)10-13/h5-10,17-18H,3-4H2,1-2H3. The fourth-order valence-electron chi connectivity index (χ4n) is 2.08. The minimum absolute atomic E-state index is 0.294. The van der Waals surface area contributed by atoms with Gasteiger partial charge in [0.05, 0.1) is 0 Å². The van der Waals surface area contributed by atoms with Crippen molar-refractivity contribution in [3.63, 3.8) is 0 Å². The first-order valence-corrected chi connectivity index (χ1v) is 6.29. The van der Waals surface area contributed by atoms with Crippen molar-refractivity contribution in [2.45, 2.75) is 26.7 Å². The van der Waals surface area contributed by atoms with Gasteiger partial charge in [0, 0.05) is 5.56 Å². The molecule has 2 aromatic carbocycles. The molecular weight excluding hydrogens is 224 g/mol. The van der Waals surface area contributed by atoms with Crippen LogP contribution >= 0.6 is 0 Å². The van der Waals surface area contributed by atoms with Crippen LogP contribution in [0.2, 0.25) is 0 Å². The molecule has 0 aromatic heterocycles. The maximum atomic E-state index is 10.0. The van der Waals surface area contributed by atoms with Crippen LogP contribution in [0.3, 0.4) is 0 Å². The largest absolute Gasteiger partial charge is 0.508 e. The van der Waals surface area contributed by atoms with Gasteiger partial charge in [-0.2, -0.15) is 0 Å². The zero-order valence-electron chi connectivity index (χ0n) is 10.8. The van der Waals surface area contributed by atoms with Gasteiger partial charge in [0.2, 0.25) is 0 Å². The molecule has 2 rings (SSSR count). The number of rotatable bonds is 3. The molecule has 0 aliphatic heterocycles. The van der Waals surface area contributed by atoms with Crippen molar-refractivity contribution in [2.75, 3.05) is 0 Å². The fraction of sp³-hybridized carbons (Fsp3) is 0.250. The molecule has 0 aliphatic carbocycles. The fourth-order valence-corrected chi connectivity index (χ4v) is 2.08. The average Bonchev–Trinajstić information content (AvgIpc) is 2.39. The van der Waals surface area contributed by atoms with Crippen LogP contribution in [0.1, 0.15) is 25.0 Å². The molecule has 2 heteroatoms. The number of aromatic hydroxyl groups is 2. The zero-order valence-corrected chi connectivity index (χ0v) is 10.8. The summed E-state index contributed by atoms with van der Waals surface area (Å²) in [5.74, 6) is 0.605. The summed E-state index contributed by atoms with van der Waals surface area (Å²) in [6.07, 6.45) is 1.68. The summed E-state index contributed by atoms with van der Waals surface area (Å²) >= 11 is 0. The van der Waals surface area contributed by atoms with E-state index in [1.165, 1.54) is 0 Å². The summed E-state index contributed by atoms with van der Waals surface area (Å²) in [6.45, 7) is 4.06. The maximum Gasteiger partial charge on any atom is 0.123 e. The van der Waals surface area contributed by atoms with Crippen molar-refractivity contribution in [1.82, 2.24) is 0 Å². The minimum atomic E-state index is 0.294. The Bertz CT molecular complexity index is 559. The third kappa shape index (κ3) is 2.33. The van der Waals surface area contributed by atoms with Gasteiger partial charge in [-0.05, 0) is 47.7 Å². The van der Waals surface area contributed by atoms with Crippen LogP contribution in [0.5, 0.6) is 11.5 Å². The average molecular weight is 242 g/mol. The van der Waals surface area contributed by atoms with Crippen LogP contribution in [0.4, 0.5) is 0 Å². The molecule has 0 unspecified atom stereocenters. The number of benzene rings is 2. The Hall–Kier alpha value is -1.96. The summed E-state index contributed by atoms with van der Waals surface area (Å²) in [5.41, 5.74) is 3.75. The van der Waals surface area contributed by atoms with E-state index in [4.69, 9.17) is 0 Å². The molecule has 0 heterocycles. The van der Waals surface area contributed by atoms with Gasteiger partial charge >= 0.3 is 0 Å². The van der Waals surface area contributed by atoms with Gasteiger partial charge in [-0.3, -0.25) is 0 Å². The Morgan fingerprint density at radius 3 is 2.22 bits per heavy atom. The Labute approximate surface area is 108 Å². The summed E-state index contributed by atoms with van der Waals surface area (Å²) in [4.78, 5) is 0. The molecule has 0 aliphatic rings. The van der Waals surface area contributed by atoms with Crippen LogP contribution in [-0.2, 0) is 12.8 Å². The van der Waals surface area contributed by atoms with Gasteiger partial charge < -0.3 is 10.2 Å². The maximum absolute atomic E-state index is 10.0. The van der Waals surface area contributed by atoms with E-state index in [9.17, 15) is 10.2 Å². The Kier molecular flexibility index (Phi) is 3.56. The molecule has 2 N–H and O–H groups in total. The lowest BCUT2D eigenvalue weighted by molar-refractivity contribution is 0.468. The zero-order chi connectivity index (χ0) is 13.1. The van der Waals surface area contributed by atoms with Crippen LogP contribution < -0.4 is 0 Å². The highest BCUT2D eigenvalue weighted by atomic mass is 16.3. The molecule has 2 aromatic rings. The SMILES string of the molecule is CCc1ccc(-c2ccc(O)c(CC)c2)c(O)c1. The van der Waals surface area contributed by atoms with E-state index in [0.717, 1.165) is 35.1 Å². The second-order valence-corrected chi connectivity index (χ2v) is 4.40. The molecule has 18 heavy (non-hydrogen) atoms. The van der Waals surface area contributed by atoms with Gasteiger partial charge in [0.15, 0.2) is 0 Å². The predicted molar refractivity (Wildman–Crippen MR) is 74.0 cm³/mol. The van der Waals surface area contributed by atoms with Crippen LogP contribution in [0, 0.1) is 0 Å². The Morgan fingerprint density at radius 1 is 0.833 bits per heavy atom. The smallest absolute Gasteiger partial charge is 0.123 e. The molecule has 2 nitrogen and oxygen atoms in total. The van der Waals surface area contributed by atoms with Crippen molar-refractivity contribution >= 4 is 0 Å². The van der Waals surface area contributed by atoms with Crippen molar-refractivity contribution in [1.29, 1.82) is 0 Å². The number of aryl methyl sites for hydroxylation is 2. The van der Waals surface area contributed by atoms with Crippen molar-refractivity contribution in [2.24, 2.45) is 0 Å². The van der Waals surface area contributed by atoms with Crippen LogP contribution in [0.15, 0.2) is 36.4 Å². The number of hydrogen-bond acceptors (Lipinski definition) is 2. The van der Waals surface area contributed by atoms with Crippen molar-refractivity contribution in [3.05, 3.63) is 47.5 Å². The third-order valence-electron chi connectivity index (χ3n) is 3.24. The molecule has 0 saturated carbocycles. The van der Waals surface area contributed by atoms with E-state index in [0.29, 0.717) is 11.5 Å². The van der Waals surface area contributed by atoms with Crippen LogP contribution in [0.25, 0.3) is 11.1 Å². The molecule has 0 saturated heterocycles. The van der Waals surface area contributed by atoms with E-state index < -0.39 is 0 Å². The topological polar surface area (TPSA) is 40.5 Å². The van der Waals surface area contributed by atoms with Gasteiger partial charge in [-0.1, -0.05) is 32.0 Å². The monoisotopic (exact) mass is 242 g/mol. The van der Waals surface area contributed by atoms with E-state index >= 15 is 0 Å². The number of phenols is 2. The summed E-state index contributed by atoms with van der Waals surface area (Å²) in [5, 5.41) is 19.7. The van der Waals surface area contributed by atoms with Crippen LogP contribution in [-0.4, -0.2) is 10.2 Å². The summed E-state index contributed by atoms with van der Waals surface area (Å²) in [7, 11) is 0. The minimum Gasteiger partial charge on any atom is -0.508 e. The van der Waals surface area contributed by atoms with Gasteiger partial charge in [-0.15, -0.1) is 0 Å². The lowest BCUT2D eigenvalue weighted by Gasteiger charge is -2.09. The Balaban J connectivity index is 2.48. The summed E-state index contributed by atoms with van der Waals surface area (Å²) < 4.78 is 0. The third-order valence-corrected chi connectivity index (χ3v) is 3.24. The quantitative estimate of drug-likeness (QED) is 0.857. The van der Waals surface area contributed by atoms with E-state index in [2.05, 4.69) is 6.92 Å². The molecule has 0 atom stereocenters. The van der Waals surface area contributed by atoms with E-state index in [-0.39, 0.29) is 0 Å². The Morgan fingerprint density at radius 2 is 1.61 bits per heavy atom. The highest BCUT2D eigenvalue weighted by Gasteiger charge is 2.07. The number of phenolic OH excluding ortho intramolecular Hbond substituents is 2. The van der Waals surface area contributed by atoms with Crippen molar-refractivity contribution < 1.29 is 10.2 Å². The molecule has 0 spiro atoms. The molecule has 94 valence electrons. The first-order chi connectivity index (χ1) is 8.65. The molecule has 0 amide bonds. The molecule has 0 fully saturated rings. The molecule has 0 bridgehead atoms. The predicted octanol–water partition coefficient (Wildman–Crippen LogP) is 3.89. The first-order valence-electron chi connectivity index (χ1n) is 6.29. The van der Waals surface area contributed by atoms with Gasteiger partial charge in [-0.25, -0.2) is 0 Å². The van der Waals surface area contributed by atoms with Crippen molar-refractivity contribution in [3.8, 4) is 22.6 Å². The lowest BCUT2D eigenvalue weighted by Crippen LogP contribution is -1.87. The normalized spacial score (nSPS) is 10.6. The van der Waals surface area contributed by atoms with E-state index in [1.807, 2.05) is 31.2 Å².